The van der Waals surface area contributed by atoms with Gasteiger partial charge in [0.25, 0.3) is 0 Å². The molecule has 0 aromatic carbocycles. The summed E-state index contributed by atoms with van der Waals surface area (Å²) in [5.74, 6) is 0. The normalized spacial score (nSPS) is 23.6. The van der Waals surface area contributed by atoms with Crippen LogP contribution >= 0.6 is 0 Å². The summed E-state index contributed by atoms with van der Waals surface area (Å²) in [4.78, 5) is 4.94. The minimum atomic E-state index is 0.924. The Bertz CT molecular complexity index is 162. The Morgan fingerprint density at radius 1 is 0.706 bits per heavy atom. The molecule has 3 nitrogen and oxygen atoms in total. The van der Waals surface area contributed by atoms with Crippen LogP contribution in [-0.4, -0.2) is 62.3 Å². The molecule has 0 spiro atoms. The second kappa shape index (κ2) is 9.86. The van der Waals surface area contributed by atoms with Crippen LogP contribution < -0.4 is 0 Å². The van der Waals surface area contributed by atoms with E-state index in [0.29, 0.717) is 0 Å². The second-order valence-electron chi connectivity index (χ2n) is 4.90. The van der Waals surface area contributed by atoms with E-state index in [1.54, 1.807) is 0 Å². The topological polar surface area (TPSA) is 15.7 Å². The molecule has 0 saturated carbocycles. The first kappa shape index (κ1) is 14.9. The molecule has 0 amide bonds. The van der Waals surface area contributed by atoms with Gasteiger partial charge in [0.1, 0.15) is 0 Å². The second-order valence-corrected chi connectivity index (χ2v) is 4.90. The van der Waals surface area contributed by atoms with Gasteiger partial charge in [-0.1, -0.05) is 26.7 Å². The Kier molecular flexibility index (Phi) is 8.67. The summed E-state index contributed by atoms with van der Waals surface area (Å²) in [6, 6.07) is 0. The maximum absolute atomic E-state index is 5.16. The van der Waals surface area contributed by atoms with Crippen LogP contribution in [0, 0.1) is 0 Å². The van der Waals surface area contributed by atoms with Crippen molar-refractivity contribution in [1.82, 2.24) is 9.80 Å². The number of hydrogen-bond acceptors (Lipinski definition) is 3. The van der Waals surface area contributed by atoms with Gasteiger partial charge in [0.05, 0.1) is 13.2 Å². The Balaban J connectivity index is 0.000000171. The molecule has 102 valence electrons. The number of likely N-dealkylation sites (N-methyl/N-ethyl adjacent to an activating group) is 1. The van der Waals surface area contributed by atoms with Gasteiger partial charge in [0.2, 0.25) is 0 Å². The Hall–Kier alpha value is -0.120. The smallest absolute Gasteiger partial charge is 0.0594 e. The summed E-state index contributed by atoms with van der Waals surface area (Å²) >= 11 is 0. The van der Waals surface area contributed by atoms with Crippen molar-refractivity contribution in [2.45, 2.75) is 39.5 Å². The number of ether oxygens (including phenoxy) is 1. The van der Waals surface area contributed by atoms with E-state index < -0.39 is 0 Å². The van der Waals surface area contributed by atoms with Gasteiger partial charge < -0.3 is 9.64 Å². The first-order valence-electron chi connectivity index (χ1n) is 7.39. The van der Waals surface area contributed by atoms with Gasteiger partial charge in [0.15, 0.2) is 0 Å². The molecule has 0 aromatic heterocycles. The lowest BCUT2D eigenvalue weighted by Crippen LogP contribution is -2.35. The Labute approximate surface area is 107 Å². The van der Waals surface area contributed by atoms with Gasteiger partial charge in [-0.15, -0.1) is 0 Å². The van der Waals surface area contributed by atoms with E-state index in [0.717, 1.165) is 26.3 Å². The van der Waals surface area contributed by atoms with Crippen LogP contribution in [0.4, 0.5) is 0 Å². The summed E-state index contributed by atoms with van der Waals surface area (Å²) in [7, 11) is 0. The molecular formula is C14H30N2O. The van der Waals surface area contributed by atoms with Crippen molar-refractivity contribution < 1.29 is 4.74 Å². The van der Waals surface area contributed by atoms with Crippen LogP contribution in [0.2, 0.25) is 0 Å². The molecule has 2 aliphatic heterocycles. The SMILES string of the molecule is CCN1CCCCCC1.CCN1CCOCC1. The molecule has 2 heterocycles. The zero-order chi connectivity index (χ0) is 12.3. The van der Waals surface area contributed by atoms with Gasteiger partial charge in [-0.2, -0.15) is 0 Å². The molecule has 2 aliphatic rings. The van der Waals surface area contributed by atoms with Gasteiger partial charge in [-0.3, -0.25) is 4.90 Å². The van der Waals surface area contributed by atoms with Crippen molar-refractivity contribution in [3.05, 3.63) is 0 Å². The fourth-order valence-corrected chi connectivity index (χ4v) is 2.37. The molecule has 0 unspecified atom stereocenters. The van der Waals surface area contributed by atoms with Crippen LogP contribution in [-0.2, 0) is 4.74 Å². The number of likely N-dealkylation sites (tertiary alicyclic amines) is 1. The largest absolute Gasteiger partial charge is 0.379 e. The molecule has 2 saturated heterocycles. The molecule has 0 radical (unpaired) electrons. The highest BCUT2D eigenvalue weighted by Gasteiger charge is 2.06. The highest BCUT2D eigenvalue weighted by atomic mass is 16.5. The molecule has 17 heavy (non-hydrogen) atoms. The quantitative estimate of drug-likeness (QED) is 0.738. The van der Waals surface area contributed by atoms with Crippen LogP contribution in [0.25, 0.3) is 0 Å². The summed E-state index contributed by atoms with van der Waals surface area (Å²) in [6.07, 6.45) is 5.76. The minimum Gasteiger partial charge on any atom is -0.379 e. The van der Waals surface area contributed by atoms with E-state index in [1.807, 2.05) is 0 Å². The lowest BCUT2D eigenvalue weighted by molar-refractivity contribution is 0.0405. The number of morpholine rings is 1. The van der Waals surface area contributed by atoms with Crippen molar-refractivity contribution in [3.8, 4) is 0 Å². The van der Waals surface area contributed by atoms with Gasteiger partial charge >= 0.3 is 0 Å². The lowest BCUT2D eigenvalue weighted by Gasteiger charge is -2.24. The number of hydrogen-bond donors (Lipinski definition) is 0. The van der Waals surface area contributed by atoms with E-state index >= 15 is 0 Å². The number of nitrogens with zero attached hydrogens (tertiary/aromatic N) is 2. The van der Waals surface area contributed by atoms with Crippen LogP contribution in [0.5, 0.6) is 0 Å². The van der Waals surface area contributed by atoms with E-state index in [-0.39, 0.29) is 0 Å². The zero-order valence-electron chi connectivity index (χ0n) is 11.8. The average molecular weight is 242 g/mol. The summed E-state index contributed by atoms with van der Waals surface area (Å²) in [5.41, 5.74) is 0. The maximum Gasteiger partial charge on any atom is 0.0594 e. The molecule has 0 atom stereocenters. The standard InChI is InChI=1S/C8H17N.C6H13NO/c1-2-9-7-5-3-4-6-8-9;1-2-7-3-5-8-6-4-7/h2-8H2,1H3;2-6H2,1H3. The van der Waals surface area contributed by atoms with E-state index in [9.17, 15) is 0 Å². The summed E-state index contributed by atoms with van der Waals surface area (Å²) < 4.78 is 5.16. The van der Waals surface area contributed by atoms with Crippen molar-refractivity contribution in [2.24, 2.45) is 0 Å². The molecule has 3 heteroatoms. The van der Waals surface area contributed by atoms with Crippen LogP contribution in [0.1, 0.15) is 39.5 Å². The van der Waals surface area contributed by atoms with Crippen LogP contribution in [0.3, 0.4) is 0 Å². The number of rotatable bonds is 2. The van der Waals surface area contributed by atoms with Crippen molar-refractivity contribution in [2.75, 3.05) is 52.5 Å². The Morgan fingerprint density at radius 2 is 1.18 bits per heavy atom. The molecule has 0 bridgehead atoms. The minimum absolute atomic E-state index is 0.924. The highest BCUT2D eigenvalue weighted by Crippen LogP contribution is 2.08. The lowest BCUT2D eigenvalue weighted by atomic mass is 10.2. The third kappa shape index (κ3) is 7.02. The average Bonchev–Trinajstić information content (AvgIpc) is 2.69. The first-order chi connectivity index (χ1) is 8.36. The predicted octanol–water partition coefficient (Wildman–Crippen LogP) is 2.22. The van der Waals surface area contributed by atoms with Crippen molar-refractivity contribution >= 4 is 0 Å². The predicted molar refractivity (Wildman–Crippen MR) is 73.5 cm³/mol. The monoisotopic (exact) mass is 242 g/mol. The van der Waals surface area contributed by atoms with E-state index in [1.165, 1.54) is 51.9 Å². The van der Waals surface area contributed by atoms with Crippen LogP contribution in [0.15, 0.2) is 0 Å². The fourth-order valence-electron chi connectivity index (χ4n) is 2.37. The third-order valence-corrected chi connectivity index (χ3v) is 3.70. The fraction of sp³-hybridized carbons (Fsp3) is 1.00. The summed E-state index contributed by atoms with van der Waals surface area (Å²) in [5, 5.41) is 0. The first-order valence-corrected chi connectivity index (χ1v) is 7.39. The molecule has 2 fully saturated rings. The van der Waals surface area contributed by atoms with E-state index in [4.69, 9.17) is 4.74 Å². The maximum atomic E-state index is 5.16. The van der Waals surface area contributed by atoms with E-state index in [2.05, 4.69) is 23.6 Å². The zero-order valence-corrected chi connectivity index (χ0v) is 11.8. The van der Waals surface area contributed by atoms with Crippen molar-refractivity contribution in [1.29, 1.82) is 0 Å². The third-order valence-electron chi connectivity index (χ3n) is 3.70. The molecular weight excluding hydrogens is 212 g/mol. The highest BCUT2D eigenvalue weighted by molar-refractivity contribution is 4.60. The summed E-state index contributed by atoms with van der Waals surface area (Å²) in [6.45, 7) is 13.6. The molecule has 0 aromatic rings. The van der Waals surface area contributed by atoms with Gasteiger partial charge in [-0.25, -0.2) is 0 Å². The Morgan fingerprint density at radius 3 is 1.59 bits per heavy atom. The molecule has 0 aliphatic carbocycles. The molecule has 2 rings (SSSR count). The molecule has 0 N–H and O–H groups in total. The van der Waals surface area contributed by atoms with Gasteiger partial charge in [0, 0.05) is 13.1 Å². The van der Waals surface area contributed by atoms with Crippen molar-refractivity contribution in [3.63, 3.8) is 0 Å². The van der Waals surface area contributed by atoms with Gasteiger partial charge in [-0.05, 0) is 39.0 Å².